The number of hydrogen-bond donors (Lipinski definition) is 1. The highest BCUT2D eigenvalue weighted by molar-refractivity contribution is 6.06. The van der Waals surface area contributed by atoms with Crippen LogP contribution in [-0.4, -0.2) is 30.3 Å². The summed E-state index contributed by atoms with van der Waals surface area (Å²) in [6, 6.07) is 0.609. The fourth-order valence-corrected chi connectivity index (χ4v) is 2.75. The van der Waals surface area contributed by atoms with E-state index in [1.165, 1.54) is 19.1 Å². The summed E-state index contributed by atoms with van der Waals surface area (Å²) in [6.07, 6.45) is -0.311. The van der Waals surface area contributed by atoms with Crippen LogP contribution in [0.5, 0.6) is 0 Å². The van der Waals surface area contributed by atoms with Gasteiger partial charge in [-0.05, 0) is 42.7 Å². The molecule has 0 aliphatic heterocycles. The van der Waals surface area contributed by atoms with Gasteiger partial charge in [-0.1, -0.05) is 25.5 Å². The maximum atomic E-state index is 13.5. The molecule has 0 spiro atoms. The minimum absolute atomic E-state index is 0.208. The highest BCUT2D eigenvalue weighted by Gasteiger charge is 2.35. The Morgan fingerprint density at radius 1 is 1.20 bits per heavy atom. The van der Waals surface area contributed by atoms with Crippen molar-refractivity contribution in [2.24, 2.45) is 0 Å². The van der Waals surface area contributed by atoms with Crippen molar-refractivity contribution >= 4 is 17.7 Å². The van der Waals surface area contributed by atoms with E-state index in [0.29, 0.717) is 24.1 Å². The van der Waals surface area contributed by atoms with Gasteiger partial charge in [-0.3, -0.25) is 14.4 Å². The lowest BCUT2D eigenvalue weighted by Gasteiger charge is -2.24. The molecule has 30 heavy (non-hydrogen) atoms. The molecule has 5 nitrogen and oxygen atoms in total. The number of nitrogens with one attached hydrogen (secondary N) is 1. The molecule has 0 saturated carbocycles. The minimum atomic E-state index is -4.97. The van der Waals surface area contributed by atoms with Gasteiger partial charge in [0, 0.05) is 12.0 Å². The van der Waals surface area contributed by atoms with Gasteiger partial charge >= 0.3 is 12.1 Å². The smallest absolute Gasteiger partial charge is 0.419 e. The van der Waals surface area contributed by atoms with E-state index in [2.05, 4.69) is 5.32 Å². The third-order valence-electron chi connectivity index (χ3n) is 4.51. The minimum Gasteiger partial charge on any atom is -0.461 e. The molecule has 2 rings (SSSR count). The monoisotopic (exact) mass is 427 g/mol. The number of alkyl halides is 3. The summed E-state index contributed by atoms with van der Waals surface area (Å²) in [7, 11) is 0. The predicted molar refractivity (Wildman–Crippen MR) is 100.0 cm³/mol. The summed E-state index contributed by atoms with van der Waals surface area (Å²) in [5, 5.41) is 2.35. The molecule has 0 fully saturated rings. The van der Waals surface area contributed by atoms with E-state index in [1.54, 1.807) is 0 Å². The number of ether oxygens (including phenoxy) is 1. The van der Waals surface area contributed by atoms with Crippen LogP contribution in [0, 0.1) is 5.82 Å². The van der Waals surface area contributed by atoms with Gasteiger partial charge in [0.15, 0.2) is 5.78 Å². The van der Waals surface area contributed by atoms with Crippen molar-refractivity contribution in [2.75, 3.05) is 6.61 Å². The molecule has 1 aliphatic rings. The molecule has 1 aromatic carbocycles. The van der Waals surface area contributed by atoms with Crippen LogP contribution in [0.25, 0.3) is 0 Å². The topological polar surface area (TPSA) is 72.5 Å². The van der Waals surface area contributed by atoms with E-state index < -0.39 is 46.8 Å². The highest BCUT2D eigenvalue weighted by Crippen LogP contribution is 2.32. The van der Waals surface area contributed by atoms with Gasteiger partial charge in [-0.2, -0.15) is 13.2 Å². The normalized spacial score (nSPS) is 16.6. The molecular weight excluding hydrogens is 406 g/mol. The Labute approximate surface area is 170 Å². The largest absolute Gasteiger partial charge is 0.461 e. The van der Waals surface area contributed by atoms with Gasteiger partial charge in [0.2, 0.25) is 0 Å². The Morgan fingerprint density at radius 3 is 2.53 bits per heavy atom. The number of carbonyl (C=O) groups is 3. The summed E-state index contributed by atoms with van der Waals surface area (Å²) < 4.78 is 57.3. The van der Waals surface area contributed by atoms with Crippen molar-refractivity contribution in [1.82, 2.24) is 5.32 Å². The third-order valence-corrected chi connectivity index (χ3v) is 4.51. The summed E-state index contributed by atoms with van der Waals surface area (Å²) in [4.78, 5) is 36.7. The lowest BCUT2D eigenvalue weighted by Crippen LogP contribution is -2.44. The fourth-order valence-electron chi connectivity index (χ4n) is 2.75. The second kappa shape index (κ2) is 9.69. The second-order valence-corrected chi connectivity index (χ2v) is 6.82. The number of halogens is 4. The zero-order chi connectivity index (χ0) is 22.5. The van der Waals surface area contributed by atoms with Crippen molar-refractivity contribution < 1.29 is 36.7 Å². The zero-order valence-corrected chi connectivity index (χ0v) is 16.4. The number of allylic oxidation sites excluding steroid dienone is 2. The molecule has 1 unspecified atom stereocenters. The van der Waals surface area contributed by atoms with E-state index in [4.69, 9.17) is 4.74 Å². The van der Waals surface area contributed by atoms with E-state index in [-0.39, 0.29) is 18.6 Å². The maximum absolute atomic E-state index is 13.5. The first kappa shape index (κ1) is 23.3. The Hall–Kier alpha value is -2.97. The van der Waals surface area contributed by atoms with Gasteiger partial charge in [0.1, 0.15) is 18.5 Å². The maximum Gasteiger partial charge on any atom is 0.419 e. The lowest BCUT2D eigenvalue weighted by atomic mass is 9.92. The highest BCUT2D eigenvalue weighted by atomic mass is 19.4. The van der Waals surface area contributed by atoms with Crippen molar-refractivity contribution in [3.8, 4) is 0 Å². The van der Waals surface area contributed by atoms with Gasteiger partial charge in [0.05, 0.1) is 5.56 Å². The SMILES string of the molecule is CCCCC(=O)OCC1=CC=C(C)C(=O)C1NC(=O)c1ccc(F)c(C(F)(F)F)c1. The van der Waals surface area contributed by atoms with Crippen LogP contribution in [0.1, 0.15) is 49.0 Å². The molecule has 1 atom stereocenters. The van der Waals surface area contributed by atoms with Crippen molar-refractivity contribution in [1.29, 1.82) is 0 Å². The fraction of sp³-hybridized carbons (Fsp3) is 0.381. The molecule has 1 amide bonds. The number of amides is 1. The summed E-state index contributed by atoms with van der Waals surface area (Å²) in [6.45, 7) is 3.18. The quantitative estimate of drug-likeness (QED) is 0.525. The van der Waals surface area contributed by atoms with Crippen molar-refractivity contribution in [3.05, 3.63) is 58.4 Å². The predicted octanol–water partition coefficient (Wildman–Crippen LogP) is 4.13. The van der Waals surface area contributed by atoms with E-state index in [1.807, 2.05) is 6.92 Å². The summed E-state index contributed by atoms with van der Waals surface area (Å²) in [5.74, 6) is -3.44. The first-order valence-electron chi connectivity index (χ1n) is 9.29. The third kappa shape index (κ3) is 5.77. The molecule has 0 saturated heterocycles. The van der Waals surface area contributed by atoms with E-state index in [9.17, 15) is 31.9 Å². The molecule has 1 N–H and O–H groups in total. The van der Waals surface area contributed by atoms with Gasteiger partial charge < -0.3 is 10.1 Å². The Bertz CT molecular complexity index is 903. The van der Waals surface area contributed by atoms with Crippen molar-refractivity contribution in [3.63, 3.8) is 0 Å². The molecule has 162 valence electrons. The van der Waals surface area contributed by atoms with E-state index in [0.717, 1.165) is 12.5 Å². The number of unbranched alkanes of at least 4 members (excludes halogenated alkanes) is 1. The van der Waals surface area contributed by atoms with Crippen LogP contribution in [-0.2, 0) is 20.5 Å². The summed E-state index contributed by atoms with van der Waals surface area (Å²) in [5.41, 5.74) is -1.44. The molecular formula is C21H21F4NO4. The first-order chi connectivity index (χ1) is 14.0. The Morgan fingerprint density at radius 2 is 1.90 bits per heavy atom. The lowest BCUT2D eigenvalue weighted by molar-refractivity contribution is -0.143. The average molecular weight is 427 g/mol. The number of Topliss-reactive ketones (excluding diaryl/α,β-unsaturated/α-hetero) is 1. The number of esters is 1. The van der Waals surface area contributed by atoms with E-state index >= 15 is 0 Å². The molecule has 0 aromatic heterocycles. The Balaban J connectivity index is 2.18. The molecule has 0 heterocycles. The van der Waals surface area contributed by atoms with Crippen LogP contribution in [0.15, 0.2) is 41.5 Å². The molecule has 0 bridgehead atoms. The van der Waals surface area contributed by atoms with Crippen LogP contribution >= 0.6 is 0 Å². The molecule has 1 aliphatic carbocycles. The average Bonchev–Trinajstić information content (AvgIpc) is 2.68. The summed E-state index contributed by atoms with van der Waals surface area (Å²) >= 11 is 0. The Kier molecular flexibility index (Phi) is 7.53. The first-order valence-corrected chi connectivity index (χ1v) is 9.29. The molecule has 0 radical (unpaired) electrons. The zero-order valence-electron chi connectivity index (χ0n) is 16.4. The van der Waals surface area contributed by atoms with Crippen LogP contribution in [0.4, 0.5) is 17.6 Å². The molecule has 1 aromatic rings. The van der Waals surface area contributed by atoms with Crippen LogP contribution in [0.3, 0.4) is 0 Å². The number of ketones is 1. The van der Waals surface area contributed by atoms with Gasteiger partial charge in [-0.15, -0.1) is 0 Å². The van der Waals surface area contributed by atoms with Crippen LogP contribution < -0.4 is 5.32 Å². The molecule has 9 heteroatoms. The number of benzene rings is 1. The van der Waals surface area contributed by atoms with Gasteiger partial charge in [-0.25, -0.2) is 4.39 Å². The van der Waals surface area contributed by atoms with Crippen LogP contribution in [0.2, 0.25) is 0 Å². The number of carbonyl (C=O) groups excluding carboxylic acids is 3. The number of rotatable bonds is 7. The van der Waals surface area contributed by atoms with Crippen molar-refractivity contribution in [2.45, 2.75) is 45.3 Å². The second-order valence-electron chi connectivity index (χ2n) is 6.82. The van der Waals surface area contributed by atoms with Gasteiger partial charge in [0.25, 0.3) is 5.91 Å². The standard InChI is InChI=1S/C21H21F4NO4/c1-3-4-5-17(27)30-11-14-7-6-12(2)19(28)18(14)26-20(29)13-8-9-16(22)15(10-13)21(23,24)25/h6-10,18H,3-5,11H2,1-2H3,(H,26,29). The number of hydrogen-bond acceptors (Lipinski definition) is 4.